The number of anilines is 1. The van der Waals surface area contributed by atoms with Crippen LogP contribution in [0.3, 0.4) is 0 Å². The predicted octanol–water partition coefficient (Wildman–Crippen LogP) is 3.51. The van der Waals surface area contributed by atoms with Crippen LogP contribution in [0.2, 0.25) is 5.02 Å². The van der Waals surface area contributed by atoms with Crippen molar-refractivity contribution in [3.63, 3.8) is 0 Å². The third kappa shape index (κ3) is 2.66. The van der Waals surface area contributed by atoms with Gasteiger partial charge < -0.3 is 0 Å². The molecule has 2 aromatic carbocycles. The van der Waals surface area contributed by atoms with Crippen LogP contribution in [0.15, 0.2) is 42.5 Å². The van der Waals surface area contributed by atoms with Crippen LogP contribution in [-0.4, -0.2) is 22.9 Å². The van der Waals surface area contributed by atoms with Gasteiger partial charge in [-0.1, -0.05) is 0 Å². The van der Waals surface area contributed by atoms with Crippen molar-refractivity contribution in [2.45, 2.75) is 13.0 Å². The number of fused-ring (bicyclic) bond motifs is 1. The number of aromatic nitrogens is 2. The van der Waals surface area contributed by atoms with E-state index in [1.54, 1.807) is 0 Å². The monoisotopic (exact) mass is 337 g/mol. The number of hydrogen-bond acceptors (Lipinski definition) is 3. The third-order valence-electron chi connectivity index (χ3n) is 3.03. The van der Waals surface area contributed by atoms with E-state index in [9.17, 15) is 0 Å². The number of halogens is 1. The summed E-state index contributed by atoms with van der Waals surface area (Å²) in [5, 5.41) is 4.25. The van der Waals surface area contributed by atoms with Gasteiger partial charge in [0.25, 0.3) is 0 Å². The Labute approximate surface area is 122 Å². The first-order valence-corrected chi connectivity index (χ1v) is 7.88. The second-order valence-electron chi connectivity index (χ2n) is 4.36. The number of benzene rings is 2. The van der Waals surface area contributed by atoms with Gasteiger partial charge in [-0.05, 0) is 0 Å². The zero-order chi connectivity index (χ0) is 13.2. The Morgan fingerprint density at radius 1 is 1.11 bits per heavy atom. The van der Waals surface area contributed by atoms with E-state index in [1.807, 2.05) is 42.5 Å². The molecule has 0 fully saturated rings. The minimum atomic E-state index is 0.00360. The first-order valence-electron chi connectivity index (χ1n) is 5.97. The average Bonchev–Trinajstić information content (AvgIpc) is 2.89. The summed E-state index contributed by atoms with van der Waals surface area (Å²) in [6, 6.07) is 14.2. The molecule has 0 saturated carbocycles. The average molecular weight is 337 g/mol. The van der Waals surface area contributed by atoms with Gasteiger partial charge in [0.05, 0.1) is 0 Å². The van der Waals surface area contributed by atoms with Crippen molar-refractivity contribution in [2.75, 3.05) is 5.32 Å². The topological polar surface area (TPSA) is 37.8 Å². The summed E-state index contributed by atoms with van der Waals surface area (Å²) in [6.45, 7) is 2.12. The van der Waals surface area contributed by atoms with Crippen molar-refractivity contribution < 1.29 is 0 Å². The Bertz CT molecular complexity index is 693. The summed E-state index contributed by atoms with van der Waals surface area (Å²) in [4.78, 5) is 0. The molecule has 0 spiro atoms. The van der Waals surface area contributed by atoms with Gasteiger partial charge in [0.2, 0.25) is 0 Å². The molecule has 0 radical (unpaired) electrons. The molecule has 0 amide bonds. The molecular formula is C14H12ClN3Se. The molecule has 1 unspecified atom stereocenters. The van der Waals surface area contributed by atoms with Crippen LogP contribution >= 0.6 is 11.6 Å². The van der Waals surface area contributed by atoms with Gasteiger partial charge in [-0.2, -0.15) is 0 Å². The molecule has 1 heterocycles. The van der Waals surface area contributed by atoms with Crippen LogP contribution in [0.1, 0.15) is 18.5 Å². The predicted molar refractivity (Wildman–Crippen MR) is 80.0 cm³/mol. The number of hydrogen-bond donors (Lipinski definition) is 1. The Balaban J connectivity index is 1.88. The summed E-state index contributed by atoms with van der Waals surface area (Å²) in [7, 11) is 0. The zero-order valence-electron chi connectivity index (χ0n) is 10.3. The SMILES string of the molecule is CC(Nc1cccc2n[se]nc12)c1ccc(Cl)cc1. The molecule has 1 N–H and O–H groups in total. The molecule has 0 aliphatic carbocycles. The molecule has 19 heavy (non-hydrogen) atoms. The molecule has 3 rings (SSSR count). The van der Waals surface area contributed by atoms with E-state index in [1.165, 1.54) is 5.56 Å². The molecular weight excluding hydrogens is 325 g/mol. The first-order chi connectivity index (χ1) is 9.24. The fraction of sp³-hybridized carbons (Fsp3) is 0.143. The molecule has 3 aromatic rings. The van der Waals surface area contributed by atoms with Crippen LogP contribution in [0.4, 0.5) is 5.69 Å². The summed E-state index contributed by atoms with van der Waals surface area (Å²) in [5.74, 6) is 0. The molecule has 0 aliphatic heterocycles. The van der Waals surface area contributed by atoms with Gasteiger partial charge in [-0.25, -0.2) is 0 Å². The van der Waals surface area contributed by atoms with Gasteiger partial charge in [0, 0.05) is 0 Å². The van der Waals surface area contributed by atoms with E-state index in [-0.39, 0.29) is 21.0 Å². The van der Waals surface area contributed by atoms with E-state index >= 15 is 0 Å². The van der Waals surface area contributed by atoms with E-state index in [0.717, 1.165) is 21.7 Å². The second-order valence-corrected chi connectivity index (χ2v) is 5.90. The summed E-state index contributed by atoms with van der Waals surface area (Å²) in [5.41, 5.74) is 4.22. The van der Waals surface area contributed by atoms with E-state index < -0.39 is 0 Å². The molecule has 96 valence electrons. The Kier molecular flexibility index (Phi) is 3.56. The van der Waals surface area contributed by atoms with Crippen LogP contribution in [0.25, 0.3) is 11.0 Å². The fourth-order valence-corrected chi connectivity index (χ4v) is 3.27. The number of rotatable bonds is 3. The Morgan fingerprint density at radius 2 is 1.89 bits per heavy atom. The number of nitrogens with zero attached hydrogens (tertiary/aromatic N) is 2. The molecule has 0 saturated heterocycles. The van der Waals surface area contributed by atoms with E-state index in [2.05, 4.69) is 20.2 Å². The summed E-state index contributed by atoms with van der Waals surface area (Å²) < 4.78 is 8.86. The van der Waals surface area contributed by atoms with Gasteiger partial charge >= 0.3 is 123 Å². The number of nitrogens with one attached hydrogen (secondary N) is 1. The first kappa shape index (κ1) is 12.7. The quantitative estimate of drug-likeness (QED) is 0.744. The molecule has 0 aliphatic rings. The van der Waals surface area contributed by atoms with E-state index in [4.69, 9.17) is 11.6 Å². The Morgan fingerprint density at radius 3 is 2.68 bits per heavy atom. The fourth-order valence-electron chi connectivity index (χ4n) is 1.99. The molecule has 3 nitrogen and oxygen atoms in total. The van der Waals surface area contributed by atoms with Crippen molar-refractivity contribution in [2.24, 2.45) is 0 Å². The molecule has 1 aromatic heterocycles. The summed E-state index contributed by atoms with van der Waals surface area (Å²) >= 11 is 5.91. The van der Waals surface area contributed by atoms with Crippen molar-refractivity contribution in [3.05, 3.63) is 53.1 Å². The minimum absolute atomic E-state index is 0.00360. The maximum absolute atomic E-state index is 5.91. The standard InChI is InChI=1S/C14H12ClN3Se/c1-9(10-5-7-11(15)8-6-10)16-12-3-2-4-13-14(12)18-19-17-13/h2-9,16H,1H3. The van der Waals surface area contributed by atoms with Crippen molar-refractivity contribution >= 4 is 43.3 Å². The van der Waals surface area contributed by atoms with Gasteiger partial charge in [0.15, 0.2) is 0 Å². The van der Waals surface area contributed by atoms with Crippen LogP contribution in [0, 0.1) is 0 Å². The maximum atomic E-state index is 5.91. The van der Waals surface area contributed by atoms with Crippen LogP contribution in [-0.2, 0) is 0 Å². The van der Waals surface area contributed by atoms with Crippen molar-refractivity contribution in [3.8, 4) is 0 Å². The van der Waals surface area contributed by atoms with Gasteiger partial charge in [-0.15, -0.1) is 0 Å². The normalized spacial score (nSPS) is 12.5. The summed E-state index contributed by atoms with van der Waals surface area (Å²) in [6.07, 6.45) is 0. The second kappa shape index (κ2) is 5.33. The van der Waals surface area contributed by atoms with Crippen molar-refractivity contribution in [1.29, 1.82) is 0 Å². The molecule has 5 heteroatoms. The molecule has 1 atom stereocenters. The van der Waals surface area contributed by atoms with Crippen LogP contribution < -0.4 is 5.32 Å². The Hall–Kier alpha value is -1.35. The van der Waals surface area contributed by atoms with Crippen LogP contribution in [0.5, 0.6) is 0 Å². The third-order valence-corrected chi connectivity index (χ3v) is 4.42. The van der Waals surface area contributed by atoms with Crippen molar-refractivity contribution in [1.82, 2.24) is 7.96 Å². The molecule has 0 bridgehead atoms. The van der Waals surface area contributed by atoms with E-state index in [0.29, 0.717) is 0 Å². The van der Waals surface area contributed by atoms with Gasteiger partial charge in [0.1, 0.15) is 0 Å². The van der Waals surface area contributed by atoms with Gasteiger partial charge in [-0.3, -0.25) is 0 Å². The zero-order valence-corrected chi connectivity index (χ0v) is 12.8.